The van der Waals surface area contributed by atoms with Crippen LogP contribution >= 0.6 is 0 Å². The van der Waals surface area contributed by atoms with E-state index in [1.54, 1.807) is 42.5 Å². The van der Waals surface area contributed by atoms with Gasteiger partial charge >= 0.3 is 0 Å². The molecule has 2 aromatic carbocycles. The number of anilines is 2. The quantitative estimate of drug-likeness (QED) is 0.431. The fourth-order valence-electron chi connectivity index (χ4n) is 3.54. The van der Waals surface area contributed by atoms with Gasteiger partial charge in [-0.05, 0) is 73.9 Å². The molecule has 7 heteroatoms. The number of carbonyl (C=O) groups is 2. The summed E-state index contributed by atoms with van der Waals surface area (Å²) in [5, 5.41) is 5.76. The minimum Gasteiger partial charge on any atom is -0.487 e. The van der Waals surface area contributed by atoms with Crippen LogP contribution in [0.1, 0.15) is 34.5 Å². The predicted molar refractivity (Wildman–Crippen MR) is 126 cm³/mol. The first-order chi connectivity index (χ1) is 16.0. The van der Waals surface area contributed by atoms with E-state index < -0.39 is 0 Å². The summed E-state index contributed by atoms with van der Waals surface area (Å²) < 4.78 is 7.85. The number of imidazole rings is 1. The van der Waals surface area contributed by atoms with Gasteiger partial charge in [0.1, 0.15) is 18.0 Å². The third-order valence-electron chi connectivity index (χ3n) is 5.49. The molecule has 0 spiro atoms. The molecule has 0 atom stereocenters. The monoisotopic (exact) mass is 440 g/mol. The third kappa shape index (κ3) is 5.03. The number of aromatic nitrogens is 2. The Morgan fingerprint density at radius 1 is 1.00 bits per heavy atom. The third-order valence-corrected chi connectivity index (χ3v) is 5.49. The maximum Gasteiger partial charge on any atom is 0.255 e. The van der Waals surface area contributed by atoms with Crippen molar-refractivity contribution in [3.63, 3.8) is 0 Å². The zero-order valence-electron chi connectivity index (χ0n) is 18.2. The molecule has 2 N–H and O–H groups in total. The summed E-state index contributed by atoms with van der Waals surface area (Å²) in [4.78, 5) is 29.1. The van der Waals surface area contributed by atoms with Crippen LogP contribution in [0.3, 0.4) is 0 Å². The van der Waals surface area contributed by atoms with Gasteiger partial charge in [-0.3, -0.25) is 9.59 Å². The Morgan fingerprint density at radius 3 is 2.52 bits per heavy atom. The summed E-state index contributed by atoms with van der Waals surface area (Å²) in [7, 11) is 0. The Hall–Kier alpha value is -4.13. The van der Waals surface area contributed by atoms with Gasteiger partial charge in [-0.15, -0.1) is 0 Å². The summed E-state index contributed by atoms with van der Waals surface area (Å²) in [5.41, 5.74) is 4.70. The van der Waals surface area contributed by atoms with Gasteiger partial charge in [-0.25, -0.2) is 4.98 Å². The Bertz CT molecular complexity index is 1320. The summed E-state index contributed by atoms with van der Waals surface area (Å²) in [5.74, 6) is 0.561. The molecule has 7 nitrogen and oxygen atoms in total. The van der Waals surface area contributed by atoms with E-state index in [4.69, 9.17) is 4.74 Å². The number of ether oxygens (including phenoxy) is 1. The number of nitrogens with zero attached hydrogens (tertiary/aromatic N) is 2. The van der Waals surface area contributed by atoms with Gasteiger partial charge in [0.05, 0.1) is 5.69 Å². The SMILES string of the molecule is Cc1ccc2nc(COc3cccc(C(=O)Nc4ccc(NC(=O)C5CC5)cc4)c3)cn2c1. The Labute approximate surface area is 191 Å². The Balaban J connectivity index is 1.19. The number of nitrogens with one attached hydrogen (secondary N) is 2. The Morgan fingerprint density at radius 2 is 1.76 bits per heavy atom. The molecule has 0 aliphatic heterocycles. The van der Waals surface area contributed by atoms with Crippen LogP contribution in [-0.4, -0.2) is 21.2 Å². The number of rotatable bonds is 7. The van der Waals surface area contributed by atoms with E-state index >= 15 is 0 Å². The fraction of sp³-hybridized carbons (Fsp3) is 0.192. The van der Waals surface area contributed by atoms with Crippen molar-refractivity contribution in [2.45, 2.75) is 26.4 Å². The minimum atomic E-state index is -0.238. The predicted octanol–water partition coefficient (Wildman–Crippen LogP) is 4.82. The van der Waals surface area contributed by atoms with Gasteiger partial charge in [-0.2, -0.15) is 0 Å². The lowest BCUT2D eigenvalue weighted by Crippen LogP contribution is -2.14. The number of hydrogen-bond donors (Lipinski definition) is 2. The van der Waals surface area contributed by atoms with Crippen LogP contribution < -0.4 is 15.4 Å². The molecule has 1 saturated carbocycles. The van der Waals surface area contributed by atoms with E-state index in [2.05, 4.69) is 15.6 Å². The average molecular weight is 441 g/mol. The van der Waals surface area contributed by atoms with Crippen molar-refractivity contribution >= 4 is 28.8 Å². The first-order valence-electron chi connectivity index (χ1n) is 10.9. The molecule has 166 valence electrons. The second-order valence-corrected chi connectivity index (χ2v) is 8.32. The summed E-state index contributed by atoms with van der Waals surface area (Å²) in [6.45, 7) is 2.34. The van der Waals surface area contributed by atoms with Crippen LogP contribution in [-0.2, 0) is 11.4 Å². The highest BCUT2D eigenvalue weighted by Crippen LogP contribution is 2.30. The Kier molecular flexibility index (Phi) is 5.52. The minimum absolute atomic E-state index is 0.0577. The molecule has 2 heterocycles. The first-order valence-corrected chi connectivity index (χ1v) is 10.9. The van der Waals surface area contributed by atoms with Crippen LogP contribution in [0.2, 0.25) is 0 Å². The molecule has 0 radical (unpaired) electrons. The molecule has 0 saturated heterocycles. The van der Waals surface area contributed by atoms with Crippen LogP contribution in [0.15, 0.2) is 73.1 Å². The molecule has 1 aliphatic carbocycles. The van der Waals surface area contributed by atoms with Crippen LogP contribution in [0.25, 0.3) is 5.65 Å². The van der Waals surface area contributed by atoms with Crippen molar-refractivity contribution < 1.29 is 14.3 Å². The zero-order chi connectivity index (χ0) is 22.8. The van der Waals surface area contributed by atoms with Gasteiger partial charge in [0.2, 0.25) is 5.91 Å². The van der Waals surface area contributed by atoms with E-state index in [1.165, 1.54) is 0 Å². The summed E-state index contributed by atoms with van der Waals surface area (Å²) in [6, 6.07) is 18.1. The topological polar surface area (TPSA) is 84.7 Å². The van der Waals surface area contributed by atoms with Crippen LogP contribution in [0.5, 0.6) is 5.75 Å². The number of fused-ring (bicyclic) bond motifs is 1. The standard InChI is InChI=1S/C26H24N4O3/c1-17-5-12-24-27-22(15-30(24)14-17)16-33-23-4-2-3-19(13-23)26(32)29-21-10-8-20(9-11-21)28-25(31)18-6-7-18/h2-5,8-15,18H,6-7,16H2,1H3,(H,28,31)(H,29,32). The molecular formula is C26H24N4O3. The van der Waals surface area contributed by atoms with Crippen LogP contribution in [0.4, 0.5) is 11.4 Å². The van der Waals surface area contributed by atoms with Gasteiger partial charge in [0.25, 0.3) is 5.91 Å². The van der Waals surface area contributed by atoms with Crippen molar-refractivity contribution in [2.24, 2.45) is 5.92 Å². The lowest BCUT2D eigenvalue weighted by atomic mass is 10.2. The number of aryl methyl sites for hydroxylation is 1. The van der Waals surface area contributed by atoms with Crippen molar-refractivity contribution in [1.29, 1.82) is 0 Å². The highest BCUT2D eigenvalue weighted by atomic mass is 16.5. The largest absolute Gasteiger partial charge is 0.487 e. The molecule has 2 amide bonds. The molecule has 33 heavy (non-hydrogen) atoms. The van der Waals surface area contributed by atoms with E-state index in [9.17, 15) is 9.59 Å². The molecule has 0 bridgehead atoms. The van der Waals surface area contributed by atoms with E-state index in [0.29, 0.717) is 23.6 Å². The normalized spacial score (nSPS) is 13.0. The van der Waals surface area contributed by atoms with Gasteiger partial charge in [0, 0.05) is 35.2 Å². The molecule has 5 rings (SSSR count). The molecule has 1 aliphatic rings. The van der Waals surface area contributed by atoms with Gasteiger partial charge in [-0.1, -0.05) is 12.1 Å². The van der Waals surface area contributed by atoms with Crippen molar-refractivity contribution in [1.82, 2.24) is 9.38 Å². The zero-order valence-corrected chi connectivity index (χ0v) is 18.2. The fourth-order valence-corrected chi connectivity index (χ4v) is 3.54. The number of carbonyl (C=O) groups excluding carboxylic acids is 2. The number of benzene rings is 2. The number of hydrogen-bond acceptors (Lipinski definition) is 4. The van der Waals surface area contributed by atoms with Crippen molar-refractivity contribution in [2.75, 3.05) is 10.6 Å². The van der Waals surface area contributed by atoms with Crippen LogP contribution in [0, 0.1) is 12.8 Å². The molecular weight excluding hydrogens is 416 g/mol. The molecule has 1 fully saturated rings. The first kappa shape index (κ1) is 20.8. The average Bonchev–Trinajstić information content (AvgIpc) is 3.59. The highest BCUT2D eigenvalue weighted by molar-refractivity contribution is 6.04. The van der Waals surface area contributed by atoms with Gasteiger partial charge in [0.15, 0.2) is 0 Å². The number of pyridine rings is 1. The summed E-state index contributed by atoms with van der Waals surface area (Å²) >= 11 is 0. The number of amides is 2. The lowest BCUT2D eigenvalue weighted by Gasteiger charge is -2.09. The van der Waals surface area contributed by atoms with Crippen molar-refractivity contribution in [3.05, 3.63) is 89.9 Å². The maximum atomic E-state index is 12.7. The summed E-state index contributed by atoms with van der Waals surface area (Å²) in [6.07, 6.45) is 5.88. The maximum absolute atomic E-state index is 12.7. The lowest BCUT2D eigenvalue weighted by molar-refractivity contribution is -0.117. The molecule has 4 aromatic rings. The van der Waals surface area contributed by atoms with E-state index in [-0.39, 0.29) is 17.7 Å². The van der Waals surface area contributed by atoms with E-state index in [1.807, 2.05) is 41.9 Å². The smallest absolute Gasteiger partial charge is 0.255 e. The highest BCUT2D eigenvalue weighted by Gasteiger charge is 2.29. The van der Waals surface area contributed by atoms with Gasteiger partial charge < -0.3 is 19.8 Å². The second-order valence-electron chi connectivity index (χ2n) is 8.32. The van der Waals surface area contributed by atoms with E-state index in [0.717, 1.165) is 35.4 Å². The second kappa shape index (κ2) is 8.78. The van der Waals surface area contributed by atoms with Crippen molar-refractivity contribution in [3.8, 4) is 5.75 Å². The molecule has 0 unspecified atom stereocenters. The molecule has 2 aromatic heterocycles.